The molecule has 0 heterocycles. The van der Waals surface area contributed by atoms with Crippen LogP contribution in [0.2, 0.25) is 0 Å². The molecule has 0 aromatic heterocycles. The summed E-state index contributed by atoms with van der Waals surface area (Å²) < 4.78 is 0. The van der Waals surface area contributed by atoms with Gasteiger partial charge in [-0.05, 0) is 31.2 Å². The summed E-state index contributed by atoms with van der Waals surface area (Å²) in [6, 6.07) is 0. The Morgan fingerprint density at radius 3 is 2.56 bits per heavy atom. The summed E-state index contributed by atoms with van der Waals surface area (Å²) >= 11 is 0. The van der Waals surface area contributed by atoms with Crippen molar-refractivity contribution < 1.29 is 5.11 Å². The predicted octanol–water partition coefficient (Wildman–Crippen LogP) is 0.352. The summed E-state index contributed by atoms with van der Waals surface area (Å²) in [5.41, 5.74) is 5.38. The first-order valence-corrected chi connectivity index (χ1v) is 3.64. The standard InChI is InChI=1S/C7H15NO/c1-5(4-8)7(9)6-2-3-6/h5-7,9H,2-4,8H2,1H3. The minimum atomic E-state index is -0.130. The first kappa shape index (κ1) is 7.03. The molecule has 1 saturated carbocycles. The van der Waals surface area contributed by atoms with Gasteiger partial charge >= 0.3 is 0 Å². The zero-order valence-corrected chi connectivity index (χ0v) is 5.88. The number of nitrogens with two attached hydrogens (primary N) is 1. The first-order chi connectivity index (χ1) is 4.25. The van der Waals surface area contributed by atoms with Gasteiger partial charge in [-0.25, -0.2) is 0 Å². The zero-order chi connectivity index (χ0) is 6.85. The molecule has 0 amide bonds. The van der Waals surface area contributed by atoms with E-state index in [9.17, 15) is 5.11 Å². The Labute approximate surface area is 56.1 Å². The molecule has 2 atom stereocenters. The molecule has 1 rings (SSSR count). The number of aliphatic hydroxyl groups excluding tert-OH is 1. The van der Waals surface area contributed by atoms with E-state index < -0.39 is 0 Å². The van der Waals surface area contributed by atoms with Crippen LogP contribution < -0.4 is 5.73 Å². The third-order valence-corrected chi connectivity index (χ3v) is 2.06. The second kappa shape index (κ2) is 2.67. The maximum Gasteiger partial charge on any atom is 0.0605 e. The number of hydrogen-bond donors (Lipinski definition) is 2. The van der Waals surface area contributed by atoms with E-state index in [0.29, 0.717) is 12.5 Å². The lowest BCUT2D eigenvalue weighted by Crippen LogP contribution is -2.26. The Hall–Kier alpha value is -0.0800. The van der Waals surface area contributed by atoms with E-state index in [1.54, 1.807) is 0 Å². The van der Waals surface area contributed by atoms with Gasteiger partial charge in [0.25, 0.3) is 0 Å². The van der Waals surface area contributed by atoms with Crippen LogP contribution in [0.25, 0.3) is 0 Å². The van der Waals surface area contributed by atoms with Gasteiger partial charge in [-0.2, -0.15) is 0 Å². The van der Waals surface area contributed by atoms with Crippen LogP contribution in [0.4, 0.5) is 0 Å². The molecule has 0 bridgehead atoms. The molecular weight excluding hydrogens is 114 g/mol. The highest BCUT2D eigenvalue weighted by Gasteiger charge is 2.32. The maximum absolute atomic E-state index is 9.38. The third-order valence-electron chi connectivity index (χ3n) is 2.06. The molecular formula is C7H15NO. The van der Waals surface area contributed by atoms with Gasteiger partial charge in [-0.3, -0.25) is 0 Å². The van der Waals surface area contributed by atoms with Gasteiger partial charge in [-0.1, -0.05) is 6.92 Å². The number of rotatable bonds is 3. The van der Waals surface area contributed by atoms with Crippen LogP contribution in [-0.2, 0) is 0 Å². The van der Waals surface area contributed by atoms with Crippen LogP contribution in [-0.4, -0.2) is 17.8 Å². The summed E-state index contributed by atoms with van der Waals surface area (Å²) in [6.07, 6.45) is 2.27. The van der Waals surface area contributed by atoms with Crippen molar-refractivity contribution in [2.24, 2.45) is 17.6 Å². The molecule has 0 aromatic rings. The fourth-order valence-corrected chi connectivity index (χ4v) is 1.04. The summed E-state index contributed by atoms with van der Waals surface area (Å²) in [4.78, 5) is 0. The van der Waals surface area contributed by atoms with Crippen molar-refractivity contribution >= 4 is 0 Å². The molecule has 3 N–H and O–H groups in total. The van der Waals surface area contributed by atoms with Gasteiger partial charge < -0.3 is 10.8 Å². The van der Waals surface area contributed by atoms with Gasteiger partial charge in [-0.15, -0.1) is 0 Å². The third kappa shape index (κ3) is 1.66. The Bertz CT molecular complexity index is 90.9. The van der Waals surface area contributed by atoms with Gasteiger partial charge in [0.15, 0.2) is 0 Å². The summed E-state index contributed by atoms with van der Waals surface area (Å²) in [7, 11) is 0. The molecule has 1 aliphatic carbocycles. The Morgan fingerprint density at radius 2 is 2.22 bits per heavy atom. The lowest BCUT2D eigenvalue weighted by atomic mass is 10.0. The van der Waals surface area contributed by atoms with Crippen LogP contribution in [0.3, 0.4) is 0 Å². The molecule has 2 nitrogen and oxygen atoms in total. The Balaban J connectivity index is 2.22. The molecule has 1 fully saturated rings. The van der Waals surface area contributed by atoms with E-state index in [1.807, 2.05) is 6.92 Å². The average Bonchev–Trinajstić information content (AvgIpc) is 2.66. The molecule has 0 spiro atoms. The molecule has 9 heavy (non-hydrogen) atoms. The molecule has 2 heteroatoms. The zero-order valence-electron chi connectivity index (χ0n) is 5.88. The molecule has 0 saturated heterocycles. The number of aliphatic hydroxyl groups is 1. The van der Waals surface area contributed by atoms with Gasteiger partial charge in [0, 0.05) is 0 Å². The molecule has 0 radical (unpaired) electrons. The molecule has 0 aromatic carbocycles. The normalized spacial score (nSPS) is 25.7. The summed E-state index contributed by atoms with van der Waals surface area (Å²) in [5, 5.41) is 9.38. The summed E-state index contributed by atoms with van der Waals surface area (Å²) in [6.45, 7) is 2.61. The van der Waals surface area contributed by atoms with E-state index in [4.69, 9.17) is 5.73 Å². The van der Waals surface area contributed by atoms with E-state index >= 15 is 0 Å². The molecule has 2 unspecified atom stereocenters. The molecule has 0 aliphatic heterocycles. The minimum Gasteiger partial charge on any atom is -0.393 e. The van der Waals surface area contributed by atoms with Crippen LogP contribution in [0.5, 0.6) is 0 Å². The van der Waals surface area contributed by atoms with Gasteiger partial charge in [0.05, 0.1) is 6.10 Å². The van der Waals surface area contributed by atoms with E-state index in [-0.39, 0.29) is 12.0 Å². The van der Waals surface area contributed by atoms with Crippen LogP contribution >= 0.6 is 0 Å². The average molecular weight is 129 g/mol. The monoisotopic (exact) mass is 129 g/mol. The smallest absolute Gasteiger partial charge is 0.0605 e. The minimum absolute atomic E-state index is 0.130. The van der Waals surface area contributed by atoms with Crippen LogP contribution in [0, 0.1) is 11.8 Å². The second-order valence-corrected chi connectivity index (χ2v) is 3.04. The van der Waals surface area contributed by atoms with E-state index in [2.05, 4.69) is 0 Å². The van der Waals surface area contributed by atoms with Crippen molar-refractivity contribution in [2.45, 2.75) is 25.9 Å². The van der Waals surface area contributed by atoms with Crippen molar-refractivity contribution in [1.82, 2.24) is 0 Å². The van der Waals surface area contributed by atoms with Crippen molar-refractivity contribution in [3.8, 4) is 0 Å². The van der Waals surface area contributed by atoms with Gasteiger partial charge in [0.1, 0.15) is 0 Å². The predicted molar refractivity (Wildman–Crippen MR) is 36.9 cm³/mol. The quantitative estimate of drug-likeness (QED) is 0.577. The lowest BCUT2D eigenvalue weighted by Gasteiger charge is -2.15. The van der Waals surface area contributed by atoms with Crippen molar-refractivity contribution in [1.29, 1.82) is 0 Å². The topological polar surface area (TPSA) is 46.2 Å². The fourth-order valence-electron chi connectivity index (χ4n) is 1.04. The molecule has 1 aliphatic rings. The van der Waals surface area contributed by atoms with Crippen LogP contribution in [0.1, 0.15) is 19.8 Å². The Kier molecular flexibility index (Phi) is 2.09. The second-order valence-electron chi connectivity index (χ2n) is 3.04. The SMILES string of the molecule is CC(CN)C(O)C1CC1. The maximum atomic E-state index is 9.38. The fraction of sp³-hybridized carbons (Fsp3) is 1.00. The highest BCUT2D eigenvalue weighted by Crippen LogP contribution is 2.35. The first-order valence-electron chi connectivity index (χ1n) is 3.64. The lowest BCUT2D eigenvalue weighted by molar-refractivity contribution is 0.0987. The van der Waals surface area contributed by atoms with E-state index in [0.717, 1.165) is 0 Å². The van der Waals surface area contributed by atoms with Crippen molar-refractivity contribution in [2.75, 3.05) is 6.54 Å². The Morgan fingerprint density at radius 1 is 1.67 bits per heavy atom. The van der Waals surface area contributed by atoms with Gasteiger partial charge in [0.2, 0.25) is 0 Å². The molecule has 54 valence electrons. The van der Waals surface area contributed by atoms with Crippen molar-refractivity contribution in [3.63, 3.8) is 0 Å². The number of hydrogen-bond acceptors (Lipinski definition) is 2. The van der Waals surface area contributed by atoms with E-state index in [1.165, 1.54) is 12.8 Å². The highest BCUT2D eigenvalue weighted by atomic mass is 16.3. The van der Waals surface area contributed by atoms with Crippen molar-refractivity contribution in [3.05, 3.63) is 0 Å². The largest absolute Gasteiger partial charge is 0.393 e. The summed E-state index contributed by atoms with van der Waals surface area (Å²) in [5.74, 6) is 0.862. The van der Waals surface area contributed by atoms with Crippen LogP contribution in [0.15, 0.2) is 0 Å². The highest BCUT2D eigenvalue weighted by molar-refractivity contribution is 4.83.